The lowest BCUT2D eigenvalue weighted by Gasteiger charge is -2.02. The first-order valence-electron chi connectivity index (χ1n) is 4.62. The second-order valence-electron chi connectivity index (χ2n) is 3.19. The second kappa shape index (κ2) is 4.88. The summed E-state index contributed by atoms with van der Waals surface area (Å²) in [5.41, 5.74) is 6.40. The zero-order valence-electron chi connectivity index (χ0n) is 8.61. The molecule has 2 N–H and O–H groups in total. The average Bonchev–Trinajstić information content (AvgIpc) is 2.63. The molecule has 0 aliphatic carbocycles. The van der Waals surface area contributed by atoms with Crippen LogP contribution in [0.15, 0.2) is 32.0 Å². The van der Waals surface area contributed by atoms with Gasteiger partial charge in [-0.3, -0.25) is 0 Å². The SMILES string of the molecule is Cc1nnc(CSc2ccc(N)cc2Br)o1. The van der Waals surface area contributed by atoms with E-state index in [9.17, 15) is 0 Å². The number of hydrogen-bond acceptors (Lipinski definition) is 5. The van der Waals surface area contributed by atoms with Crippen molar-refractivity contribution in [3.63, 3.8) is 0 Å². The van der Waals surface area contributed by atoms with Gasteiger partial charge in [0.25, 0.3) is 0 Å². The Bertz CT molecular complexity index is 501. The highest BCUT2D eigenvalue weighted by Crippen LogP contribution is 2.31. The Labute approximate surface area is 106 Å². The highest BCUT2D eigenvalue weighted by molar-refractivity contribution is 9.10. The molecule has 0 bridgehead atoms. The molecule has 0 atom stereocenters. The van der Waals surface area contributed by atoms with Gasteiger partial charge in [-0.15, -0.1) is 22.0 Å². The average molecular weight is 300 g/mol. The van der Waals surface area contributed by atoms with Gasteiger partial charge < -0.3 is 10.2 Å². The van der Waals surface area contributed by atoms with Gasteiger partial charge in [0, 0.05) is 22.0 Å². The molecule has 0 saturated heterocycles. The van der Waals surface area contributed by atoms with Crippen molar-refractivity contribution in [2.75, 3.05) is 5.73 Å². The largest absolute Gasteiger partial charge is 0.425 e. The van der Waals surface area contributed by atoms with E-state index in [2.05, 4.69) is 26.1 Å². The molecule has 0 saturated carbocycles. The lowest BCUT2D eigenvalue weighted by atomic mass is 10.3. The maximum Gasteiger partial charge on any atom is 0.226 e. The van der Waals surface area contributed by atoms with Crippen LogP contribution in [-0.4, -0.2) is 10.2 Å². The van der Waals surface area contributed by atoms with E-state index in [4.69, 9.17) is 10.2 Å². The van der Waals surface area contributed by atoms with Crippen molar-refractivity contribution in [2.24, 2.45) is 0 Å². The summed E-state index contributed by atoms with van der Waals surface area (Å²) in [7, 11) is 0. The molecule has 84 valence electrons. The molecule has 1 aromatic heterocycles. The van der Waals surface area contributed by atoms with Crippen molar-refractivity contribution in [3.8, 4) is 0 Å². The first-order valence-corrected chi connectivity index (χ1v) is 6.40. The van der Waals surface area contributed by atoms with Crippen LogP contribution in [-0.2, 0) is 5.75 Å². The van der Waals surface area contributed by atoms with E-state index in [0.717, 1.165) is 15.1 Å². The minimum Gasteiger partial charge on any atom is -0.425 e. The zero-order valence-corrected chi connectivity index (χ0v) is 11.0. The Morgan fingerprint density at radius 1 is 1.44 bits per heavy atom. The summed E-state index contributed by atoms with van der Waals surface area (Å²) < 4.78 is 6.27. The van der Waals surface area contributed by atoms with E-state index in [1.54, 1.807) is 18.7 Å². The van der Waals surface area contributed by atoms with Gasteiger partial charge in [0.05, 0.1) is 5.75 Å². The molecular formula is C10H10BrN3OS. The monoisotopic (exact) mass is 299 g/mol. The Kier molecular flexibility index (Phi) is 3.50. The number of nitrogen functional groups attached to an aromatic ring is 1. The van der Waals surface area contributed by atoms with Gasteiger partial charge in [-0.05, 0) is 34.1 Å². The van der Waals surface area contributed by atoms with E-state index >= 15 is 0 Å². The molecule has 0 unspecified atom stereocenters. The Balaban J connectivity index is 2.04. The van der Waals surface area contributed by atoms with Gasteiger partial charge in [0.1, 0.15) is 0 Å². The summed E-state index contributed by atoms with van der Waals surface area (Å²) in [4.78, 5) is 1.10. The molecule has 1 heterocycles. The van der Waals surface area contributed by atoms with E-state index in [1.807, 2.05) is 18.2 Å². The van der Waals surface area contributed by atoms with Gasteiger partial charge >= 0.3 is 0 Å². The fourth-order valence-corrected chi connectivity index (χ4v) is 2.67. The minimum atomic E-state index is 0.590. The van der Waals surface area contributed by atoms with Crippen LogP contribution in [0.2, 0.25) is 0 Å². The quantitative estimate of drug-likeness (QED) is 0.697. The van der Waals surface area contributed by atoms with Crippen molar-refractivity contribution < 1.29 is 4.42 Å². The highest BCUT2D eigenvalue weighted by atomic mass is 79.9. The maximum atomic E-state index is 5.66. The number of halogens is 1. The Morgan fingerprint density at radius 2 is 2.25 bits per heavy atom. The van der Waals surface area contributed by atoms with Crippen molar-refractivity contribution in [3.05, 3.63) is 34.5 Å². The number of aromatic nitrogens is 2. The zero-order chi connectivity index (χ0) is 11.5. The number of benzene rings is 1. The van der Waals surface area contributed by atoms with Crippen molar-refractivity contribution >= 4 is 33.4 Å². The van der Waals surface area contributed by atoms with Gasteiger partial charge in [-0.2, -0.15) is 0 Å². The lowest BCUT2D eigenvalue weighted by molar-refractivity contribution is 0.485. The summed E-state index contributed by atoms with van der Waals surface area (Å²) in [5, 5.41) is 7.70. The van der Waals surface area contributed by atoms with E-state index < -0.39 is 0 Å². The molecule has 0 aliphatic heterocycles. The van der Waals surface area contributed by atoms with Crippen LogP contribution >= 0.6 is 27.7 Å². The number of nitrogens with two attached hydrogens (primary N) is 1. The van der Waals surface area contributed by atoms with Crippen LogP contribution in [0.25, 0.3) is 0 Å². The number of rotatable bonds is 3. The number of aryl methyl sites for hydroxylation is 1. The van der Waals surface area contributed by atoms with Crippen molar-refractivity contribution in [2.45, 2.75) is 17.6 Å². The number of hydrogen-bond donors (Lipinski definition) is 1. The maximum absolute atomic E-state index is 5.66. The van der Waals surface area contributed by atoms with Crippen LogP contribution in [0.1, 0.15) is 11.8 Å². The number of nitrogens with zero attached hydrogens (tertiary/aromatic N) is 2. The molecule has 4 nitrogen and oxygen atoms in total. The summed E-state index contributed by atoms with van der Waals surface area (Å²) in [6.45, 7) is 1.78. The molecule has 2 rings (SSSR count). The smallest absolute Gasteiger partial charge is 0.226 e. The van der Waals surface area contributed by atoms with Gasteiger partial charge in [-0.1, -0.05) is 0 Å². The van der Waals surface area contributed by atoms with Crippen LogP contribution in [0.4, 0.5) is 5.69 Å². The first kappa shape index (κ1) is 11.5. The molecule has 0 aliphatic rings. The van der Waals surface area contributed by atoms with Gasteiger partial charge in [0.15, 0.2) is 0 Å². The molecule has 1 aromatic carbocycles. The molecule has 0 radical (unpaired) electrons. The molecule has 6 heteroatoms. The van der Waals surface area contributed by atoms with Crippen LogP contribution in [0, 0.1) is 6.92 Å². The van der Waals surface area contributed by atoms with Gasteiger partial charge in [-0.25, -0.2) is 0 Å². The Morgan fingerprint density at radius 3 is 2.88 bits per heavy atom. The minimum absolute atomic E-state index is 0.590. The fraction of sp³-hybridized carbons (Fsp3) is 0.200. The fourth-order valence-electron chi connectivity index (χ4n) is 1.17. The number of thioether (sulfide) groups is 1. The predicted molar refractivity (Wildman–Crippen MR) is 67.2 cm³/mol. The van der Waals surface area contributed by atoms with E-state index in [-0.39, 0.29) is 0 Å². The van der Waals surface area contributed by atoms with Crippen molar-refractivity contribution in [1.29, 1.82) is 0 Å². The molecule has 0 fully saturated rings. The van der Waals surface area contributed by atoms with Crippen LogP contribution in [0.5, 0.6) is 0 Å². The molecule has 0 amide bonds. The van der Waals surface area contributed by atoms with E-state index in [1.165, 1.54) is 0 Å². The van der Waals surface area contributed by atoms with E-state index in [0.29, 0.717) is 17.5 Å². The van der Waals surface area contributed by atoms with Crippen molar-refractivity contribution in [1.82, 2.24) is 10.2 Å². The molecule has 2 aromatic rings. The lowest BCUT2D eigenvalue weighted by Crippen LogP contribution is -1.86. The first-order chi connectivity index (χ1) is 7.65. The third kappa shape index (κ3) is 2.76. The summed E-state index contributed by atoms with van der Waals surface area (Å²) in [6, 6.07) is 5.71. The normalized spacial score (nSPS) is 10.6. The highest BCUT2D eigenvalue weighted by Gasteiger charge is 2.05. The van der Waals surface area contributed by atoms with Crippen LogP contribution < -0.4 is 5.73 Å². The predicted octanol–water partition coefficient (Wildman–Crippen LogP) is 3.02. The topological polar surface area (TPSA) is 64.9 Å². The molecular weight excluding hydrogens is 290 g/mol. The second-order valence-corrected chi connectivity index (χ2v) is 5.06. The van der Waals surface area contributed by atoms with Gasteiger partial charge in [0.2, 0.25) is 11.8 Å². The summed E-state index contributed by atoms with van der Waals surface area (Å²) in [6.07, 6.45) is 0. The summed E-state index contributed by atoms with van der Waals surface area (Å²) >= 11 is 5.08. The molecule has 0 spiro atoms. The van der Waals surface area contributed by atoms with Crippen LogP contribution in [0.3, 0.4) is 0 Å². The third-order valence-electron chi connectivity index (χ3n) is 1.87. The molecule has 16 heavy (non-hydrogen) atoms. The Hall–Kier alpha value is -1.01. The summed E-state index contributed by atoms with van der Waals surface area (Å²) in [5.74, 6) is 1.88. The standard InChI is InChI=1S/C10H10BrN3OS/c1-6-13-14-10(15-6)5-16-9-3-2-7(12)4-8(9)11/h2-4H,5,12H2,1H3. The third-order valence-corrected chi connectivity index (χ3v) is 3.85. The number of anilines is 1.